The highest BCUT2D eigenvalue weighted by Gasteiger charge is 2.51. The molecule has 1 spiro atoms. The second-order valence-electron chi connectivity index (χ2n) is 8.10. The maximum Gasteiger partial charge on any atom is 0.312 e. The molecule has 1 aromatic rings. The van der Waals surface area contributed by atoms with E-state index in [2.05, 4.69) is 14.9 Å². The third-order valence-corrected chi connectivity index (χ3v) is 6.27. The number of hydrogen-bond acceptors (Lipinski definition) is 6. The molecule has 3 aliphatic heterocycles. The minimum absolute atomic E-state index is 0.0227. The molecule has 0 N–H and O–H groups in total. The fourth-order valence-corrected chi connectivity index (χ4v) is 4.64. The van der Waals surface area contributed by atoms with Crippen LogP contribution in [0.5, 0.6) is 0 Å². The Kier molecular flexibility index (Phi) is 5.38. The first kappa shape index (κ1) is 18.3. The molecule has 7 nitrogen and oxygen atoms in total. The number of cyclic esters (lactones) is 1. The van der Waals surface area contributed by atoms with Crippen molar-refractivity contribution in [2.75, 3.05) is 32.7 Å². The van der Waals surface area contributed by atoms with E-state index in [0.717, 1.165) is 44.6 Å². The summed E-state index contributed by atoms with van der Waals surface area (Å²) in [5.74, 6) is 0.0915. The van der Waals surface area contributed by atoms with Gasteiger partial charge in [-0.2, -0.15) is 0 Å². The number of nitrogens with zero attached hydrogens (tertiary/aromatic N) is 4. The maximum atomic E-state index is 12.6. The molecule has 1 aromatic heterocycles. The van der Waals surface area contributed by atoms with Gasteiger partial charge in [0.05, 0.1) is 11.1 Å². The van der Waals surface area contributed by atoms with Gasteiger partial charge >= 0.3 is 5.97 Å². The Hall–Kier alpha value is -2.02. The molecule has 0 aliphatic carbocycles. The van der Waals surface area contributed by atoms with Crippen LogP contribution in [-0.2, 0) is 20.7 Å². The molecule has 3 saturated heterocycles. The van der Waals surface area contributed by atoms with Gasteiger partial charge in [-0.05, 0) is 45.2 Å². The highest BCUT2D eigenvalue weighted by atomic mass is 16.6. The molecular weight excluding hydrogens is 344 g/mol. The van der Waals surface area contributed by atoms with Crippen LogP contribution in [0.2, 0.25) is 0 Å². The van der Waals surface area contributed by atoms with Crippen molar-refractivity contribution in [1.29, 1.82) is 0 Å². The predicted molar refractivity (Wildman–Crippen MR) is 98.8 cm³/mol. The summed E-state index contributed by atoms with van der Waals surface area (Å²) in [5.41, 5.74) is 0.468. The molecule has 4 rings (SSSR count). The minimum Gasteiger partial charge on any atom is -0.461 e. The Morgan fingerprint density at radius 2 is 1.96 bits per heavy atom. The number of amides is 1. The van der Waals surface area contributed by atoms with Crippen LogP contribution in [0, 0.1) is 5.41 Å². The summed E-state index contributed by atoms with van der Waals surface area (Å²) in [6, 6.07) is 0. The largest absolute Gasteiger partial charge is 0.461 e. The van der Waals surface area contributed by atoms with Gasteiger partial charge < -0.3 is 9.64 Å². The molecule has 146 valence electrons. The van der Waals surface area contributed by atoms with E-state index in [-0.39, 0.29) is 23.4 Å². The zero-order valence-corrected chi connectivity index (χ0v) is 15.8. The Balaban J connectivity index is 1.26. The second-order valence-corrected chi connectivity index (χ2v) is 8.10. The molecule has 0 radical (unpaired) electrons. The van der Waals surface area contributed by atoms with Crippen molar-refractivity contribution >= 4 is 11.9 Å². The van der Waals surface area contributed by atoms with Crippen molar-refractivity contribution in [1.82, 2.24) is 19.8 Å². The Morgan fingerprint density at radius 1 is 1.19 bits per heavy atom. The van der Waals surface area contributed by atoms with Crippen molar-refractivity contribution in [3.8, 4) is 0 Å². The summed E-state index contributed by atoms with van der Waals surface area (Å²) < 4.78 is 5.72. The lowest BCUT2D eigenvalue weighted by Gasteiger charge is -2.36. The standard InChI is InChI=1S/C20H28N4O3/c25-18(4-3-16-14-21-7-8-22-16)24-11-5-20(6-12-24)13-17(27-19(20)26)15-23-9-1-2-10-23/h7-8,14,17H,1-6,9-13,15H2. The number of hydrogen-bond donors (Lipinski definition) is 0. The molecule has 3 fully saturated rings. The quantitative estimate of drug-likeness (QED) is 0.728. The number of ether oxygens (including phenoxy) is 1. The Bertz CT molecular complexity index is 667. The lowest BCUT2D eigenvalue weighted by molar-refractivity contribution is -0.152. The summed E-state index contributed by atoms with van der Waals surface area (Å²) in [6.07, 6.45) is 10.8. The van der Waals surface area contributed by atoms with Crippen LogP contribution in [0.15, 0.2) is 18.6 Å². The molecule has 0 aromatic carbocycles. The van der Waals surface area contributed by atoms with Crippen molar-refractivity contribution < 1.29 is 14.3 Å². The van der Waals surface area contributed by atoms with Crippen molar-refractivity contribution in [3.63, 3.8) is 0 Å². The fourth-order valence-electron chi connectivity index (χ4n) is 4.64. The number of carbonyl (C=O) groups is 2. The average Bonchev–Trinajstić information content (AvgIpc) is 3.30. The van der Waals surface area contributed by atoms with Crippen LogP contribution in [0.25, 0.3) is 0 Å². The van der Waals surface area contributed by atoms with E-state index in [1.165, 1.54) is 12.8 Å². The van der Waals surface area contributed by atoms with Gasteiger partial charge in [0.2, 0.25) is 5.91 Å². The summed E-state index contributed by atoms with van der Waals surface area (Å²) in [7, 11) is 0. The lowest BCUT2D eigenvalue weighted by atomic mass is 9.76. The number of piperidine rings is 1. The molecule has 1 unspecified atom stereocenters. The SMILES string of the molecule is O=C(CCc1cnccn1)N1CCC2(CC1)CC(CN1CCCC1)OC2=O. The van der Waals surface area contributed by atoms with Crippen molar-refractivity contribution in [2.45, 2.75) is 51.0 Å². The predicted octanol–water partition coefficient (Wildman–Crippen LogP) is 1.43. The van der Waals surface area contributed by atoms with Gasteiger partial charge in [-0.1, -0.05) is 0 Å². The molecule has 1 atom stereocenters. The van der Waals surface area contributed by atoms with Gasteiger partial charge in [0.1, 0.15) is 6.10 Å². The molecule has 0 saturated carbocycles. The number of rotatable bonds is 5. The number of likely N-dealkylation sites (tertiary alicyclic amines) is 2. The highest BCUT2D eigenvalue weighted by Crippen LogP contribution is 2.43. The van der Waals surface area contributed by atoms with Gasteiger partial charge in [-0.25, -0.2) is 0 Å². The number of carbonyl (C=O) groups excluding carboxylic acids is 2. The third kappa shape index (κ3) is 4.13. The number of aryl methyl sites for hydroxylation is 1. The fraction of sp³-hybridized carbons (Fsp3) is 0.700. The van der Waals surface area contributed by atoms with E-state index in [1.54, 1.807) is 18.6 Å². The van der Waals surface area contributed by atoms with Gasteiger partial charge in [0.15, 0.2) is 0 Å². The van der Waals surface area contributed by atoms with Crippen LogP contribution in [0.1, 0.15) is 44.2 Å². The molecule has 0 bridgehead atoms. The number of aromatic nitrogens is 2. The normalized spacial score (nSPS) is 25.1. The van der Waals surface area contributed by atoms with E-state index >= 15 is 0 Å². The van der Waals surface area contributed by atoms with Crippen LogP contribution < -0.4 is 0 Å². The van der Waals surface area contributed by atoms with Crippen molar-refractivity contribution in [3.05, 3.63) is 24.3 Å². The second kappa shape index (κ2) is 7.92. The molecule has 7 heteroatoms. The van der Waals surface area contributed by atoms with Crippen molar-refractivity contribution in [2.24, 2.45) is 5.41 Å². The summed E-state index contributed by atoms with van der Waals surface area (Å²) >= 11 is 0. The summed E-state index contributed by atoms with van der Waals surface area (Å²) in [4.78, 5) is 37.6. The van der Waals surface area contributed by atoms with Crippen LogP contribution in [0.4, 0.5) is 0 Å². The Labute approximate surface area is 160 Å². The van der Waals surface area contributed by atoms with Crippen LogP contribution in [0.3, 0.4) is 0 Å². The molecular formula is C20H28N4O3. The van der Waals surface area contributed by atoms with Gasteiger partial charge in [0.25, 0.3) is 0 Å². The van der Waals surface area contributed by atoms with E-state index in [0.29, 0.717) is 25.9 Å². The van der Waals surface area contributed by atoms with Crippen LogP contribution in [-0.4, -0.2) is 70.5 Å². The minimum atomic E-state index is -0.369. The summed E-state index contributed by atoms with van der Waals surface area (Å²) in [5, 5.41) is 0. The first-order chi connectivity index (χ1) is 13.1. The monoisotopic (exact) mass is 372 g/mol. The van der Waals surface area contributed by atoms with E-state index in [1.807, 2.05) is 4.90 Å². The maximum absolute atomic E-state index is 12.6. The number of esters is 1. The molecule has 1 amide bonds. The zero-order valence-electron chi connectivity index (χ0n) is 15.8. The Morgan fingerprint density at radius 3 is 2.67 bits per heavy atom. The topological polar surface area (TPSA) is 75.6 Å². The average molecular weight is 372 g/mol. The van der Waals surface area contributed by atoms with E-state index < -0.39 is 0 Å². The van der Waals surface area contributed by atoms with E-state index in [4.69, 9.17) is 4.74 Å². The molecule has 3 aliphatic rings. The zero-order chi connectivity index (χ0) is 18.7. The highest BCUT2D eigenvalue weighted by molar-refractivity contribution is 5.80. The van der Waals surface area contributed by atoms with Crippen LogP contribution >= 0.6 is 0 Å². The molecule has 27 heavy (non-hydrogen) atoms. The lowest BCUT2D eigenvalue weighted by Crippen LogP contribution is -2.45. The van der Waals surface area contributed by atoms with Gasteiger partial charge in [-0.15, -0.1) is 0 Å². The first-order valence-corrected chi connectivity index (χ1v) is 10.1. The van der Waals surface area contributed by atoms with Gasteiger partial charge in [0, 0.05) is 51.1 Å². The van der Waals surface area contributed by atoms with E-state index in [9.17, 15) is 9.59 Å². The summed E-state index contributed by atoms with van der Waals surface area (Å²) in [6.45, 7) is 4.40. The third-order valence-electron chi connectivity index (χ3n) is 6.27. The van der Waals surface area contributed by atoms with Gasteiger partial charge in [-0.3, -0.25) is 24.5 Å². The first-order valence-electron chi connectivity index (χ1n) is 10.1. The smallest absolute Gasteiger partial charge is 0.312 e. The molecule has 4 heterocycles.